The predicted molar refractivity (Wildman–Crippen MR) is 71.5 cm³/mol. The number of aromatic nitrogens is 1. The maximum Gasteiger partial charge on any atom is 0.339 e. The molecule has 0 saturated carbocycles. The Hall–Kier alpha value is -1.98. The quantitative estimate of drug-likeness (QED) is 0.766. The van der Waals surface area contributed by atoms with Crippen molar-refractivity contribution >= 4 is 17.7 Å². The minimum atomic E-state index is -1.04. The molecule has 19 heavy (non-hydrogen) atoms. The number of hydrogen-bond acceptors (Lipinski definition) is 2. The van der Waals surface area contributed by atoms with Gasteiger partial charge in [-0.25, -0.2) is 9.59 Å². The van der Waals surface area contributed by atoms with Crippen molar-refractivity contribution in [2.45, 2.75) is 26.7 Å². The number of aromatic carboxylic acids is 1. The van der Waals surface area contributed by atoms with Gasteiger partial charge >= 0.3 is 12.0 Å². The molecular formula is C13H19N3O3. The highest BCUT2D eigenvalue weighted by Gasteiger charge is 2.23. The standard InChI is InChI=1S/C13H19N3O3/c1-8-3-5-16(6-4-8)13(19)15-10-7-14-9(2)11(10)12(17)18/h7-8,14H,3-6H2,1-2H3,(H,15,19)(H,17,18). The Morgan fingerprint density at radius 2 is 2.05 bits per heavy atom. The van der Waals surface area contributed by atoms with Gasteiger partial charge in [0.15, 0.2) is 0 Å². The van der Waals surface area contributed by atoms with Gasteiger partial charge in [-0.1, -0.05) is 6.92 Å². The molecule has 0 bridgehead atoms. The Morgan fingerprint density at radius 1 is 1.42 bits per heavy atom. The molecule has 2 heterocycles. The third-order valence-electron chi connectivity index (χ3n) is 3.60. The first-order valence-electron chi connectivity index (χ1n) is 6.46. The van der Waals surface area contributed by atoms with E-state index in [1.54, 1.807) is 11.8 Å². The van der Waals surface area contributed by atoms with Crippen LogP contribution in [0.15, 0.2) is 6.20 Å². The van der Waals surface area contributed by atoms with Gasteiger partial charge in [0, 0.05) is 25.0 Å². The molecule has 1 fully saturated rings. The molecule has 0 spiro atoms. The molecule has 2 rings (SSSR count). The lowest BCUT2D eigenvalue weighted by Crippen LogP contribution is -2.40. The summed E-state index contributed by atoms with van der Waals surface area (Å²) in [5, 5.41) is 11.8. The molecule has 0 atom stereocenters. The first-order chi connectivity index (χ1) is 8.99. The second-order valence-electron chi connectivity index (χ2n) is 5.11. The van der Waals surface area contributed by atoms with Gasteiger partial charge in [0.1, 0.15) is 5.56 Å². The van der Waals surface area contributed by atoms with E-state index in [4.69, 9.17) is 5.11 Å². The van der Waals surface area contributed by atoms with Gasteiger partial charge in [0.25, 0.3) is 0 Å². The van der Waals surface area contributed by atoms with Crippen molar-refractivity contribution in [3.63, 3.8) is 0 Å². The molecule has 1 aromatic heterocycles. The lowest BCUT2D eigenvalue weighted by Gasteiger charge is -2.30. The van der Waals surface area contributed by atoms with Crippen LogP contribution >= 0.6 is 0 Å². The van der Waals surface area contributed by atoms with Crippen LogP contribution in [0.4, 0.5) is 10.5 Å². The number of nitrogens with one attached hydrogen (secondary N) is 2. The Kier molecular flexibility index (Phi) is 3.78. The van der Waals surface area contributed by atoms with Crippen LogP contribution < -0.4 is 5.32 Å². The van der Waals surface area contributed by atoms with Crippen LogP contribution in [0.5, 0.6) is 0 Å². The van der Waals surface area contributed by atoms with Crippen LogP contribution in [-0.4, -0.2) is 40.1 Å². The SMILES string of the molecule is Cc1[nH]cc(NC(=O)N2CCC(C)CC2)c1C(=O)O. The second kappa shape index (κ2) is 5.34. The van der Waals surface area contributed by atoms with Crippen molar-refractivity contribution in [2.75, 3.05) is 18.4 Å². The first-order valence-corrected chi connectivity index (χ1v) is 6.46. The van der Waals surface area contributed by atoms with Crippen molar-refractivity contribution in [1.82, 2.24) is 9.88 Å². The fourth-order valence-corrected chi connectivity index (χ4v) is 2.31. The number of likely N-dealkylation sites (tertiary alicyclic amines) is 1. The number of carboxylic acids is 1. The Labute approximate surface area is 111 Å². The van der Waals surface area contributed by atoms with Gasteiger partial charge in [-0.15, -0.1) is 0 Å². The number of anilines is 1. The highest BCUT2D eigenvalue weighted by molar-refractivity contribution is 6.01. The molecule has 3 N–H and O–H groups in total. The van der Waals surface area contributed by atoms with Crippen molar-refractivity contribution < 1.29 is 14.7 Å². The minimum Gasteiger partial charge on any atom is -0.478 e. The third-order valence-corrected chi connectivity index (χ3v) is 3.60. The van der Waals surface area contributed by atoms with Crippen LogP contribution in [0.2, 0.25) is 0 Å². The first kappa shape index (κ1) is 13.5. The molecule has 2 amide bonds. The number of urea groups is 1. The van der Waals surface area contributed by atoms with Crippen LogP contribution in [-0.2, 0) is 0 Å². The van der Waals surface area contributed by atoms with Crippen molar-refractivity contribution in [1.29, 1.82) is 0 Å². The number of piperidine rings is 1. The number of nitrogens with zero attached hydrogens (tertiary/aromatic N) is 1. The molecule has 6 heteroatoms. The smallest absolute Gasteiger partial charge is 0.339 e. The molecule has 0 aliphatic carbocycles. The molecule has 0 radical (unpaired) electrons. The van der Waals surface area contributed by atoms with Gasteiger partial charge in [-0.05, 0) is 25.7 Å². The molecule has 104 valence electrons. The summed E-state index contributed by atoms with van der Waals surface area (Å²) in [4.78, 5) is 27.7. The highest BCUT2D eigenvalue weighted by Crippen LogP contribution is 2.21. The van der Waals surface area contributed by atoms with Gasteiger partial charge in [-0.2, -0.15) is 0 Å². The van der Waals surface area contributed by atoms with E-state index in [9.17, 15) is 9.59 Å². The maximum atomic E-state index is 12.1. The van der Waals surface area contributed by atoms with Crippen molar-refractivity contribution in [3.8, 4) is 0 Å². The normalized spacial score (nSPS) is 16.4. The maximum absolute atomic E-state index is 12.1. The zero-order valence-corrected chi connectivity index (χ0v) is 11.2. The molecular weight excluding hydrogens is 246 g/mol. The fourth-order valence-electron chi connectivity index (χ4n) is 2.31. The van der Waals surface area contributed by atoms with Crippen molar-refractivity contribution in [3.05, 3.63) is 17.5 Å². The van der Waals surface area contributed by atoms with Gasteiger partial charge < -0.3 is 20.3 Å². The number of rotatable bonds is 2. The number of amides is 2. The van der Waals surface area contributed by atoms with E-state index in [-0.39, 0.29) is 11.6 Å². The van der Waals surface area contributed by atoms with Gasteiger partial charge in [-0.3, -0.25) is 0 Å². The van der Waals surface area contributed by atoms with E-state index in [0.29, 0.717) is 17.3 Å². The fraction of sp³-hybridized carbons (Fsp3) is 0.538. The Morgan fingerprint density at radius 3 is 2.63 bits per heavy atom. The van der Waals surface area contributed by atoms with Crippen LogP contribution in [0.3, 0.4) is 0 Å². The molecule has 1 aromatic rings. The minimum absolute atomic E-state index is 0.124. The van der Waals surface area contributed by atoms with Crippen LogP contribution in [0, 0.1) is 12.8 Å². The summed E-state index contributed by atoms with van der Waals surface area (Å²) in [5.74, 6) is -0.394. The Bertz CT molecular complexity index is 487. The number of aryl methyl sites for hydroxylation is 1. The van der Waals surface area contributed by atoms with E-state index in [0.717, 1.165) is 25.9 Å². The number of carboxylic acid groups (broad SMARTS) is 1. The Balaban J connectivity index is 2.05. The summed E-state index contributed by atoms with van der Waals surface area (Å²) >= 11 is 0. The predicted octanol–water partition coefficient (Wildman–Crippen LogP) is 2.29. The molecule has 6 nitrogen and oxygen atoms in total. The molecule has 0 unspecified atom stereocenters. The molecule has 1 aliphatic rings. The molecule has 1 saturated heterocycles. The number of H-pyrrole nitrogens is 1. The number of carbonyl (C=O) groups excluding carboxylic acids is 1. The average molecular weight is 265 g/mol. The van der Waals surface area contributed by atoms with Crippen LogP contribution in [0.1, 0.15) is 35.8 Å². The topological polar surface area (TPSA) is 85.4 Å². The lowest BCUT2D eigenvalue weighted by molar-refractivity contribution is 0.0697. The zero-order chi connectivity index (χ0) is 14.0. The van der Waals surface area contributed by atoms with E-state index >= 15 is 0 Å². The summed E-state index contributed by atoms with van der Waals surface area (Å²) in [6.45, 7) is 5.28. The summed E-state index contributed by atoms with van der Waals surface area (Å²) in [6, 6.07) is -0.228. The molecule has 1 aliphatic heterocycles. The van der Waals surface area contributed by atoms with Gasteiger partial charge in [0.05, 0.1) is 5.69 Å². The summed E-state index contributed by atoms with van der Waals surface area (Å²) in [5.41, 5.74) is 0.988. The van der Waals surface area contributed by atoms with E-state index in [1.807, 2.05) is 0 Å². The summed E-state index contributed by atoms with van der Waals surface area (Å²) < 4.78 is 0. The monoisotopic (exact) mass is 265 g/mol. The van der Waals surface area contributed by atoms with E-state index in [1.165, 1.54) is 6.20 Å². The average Bonchev–Trinajstić information content (AvgIpc) is 2.71. The van der Waals surface area contributed by atoms with E-state index in [2.05, 4.69) is 17.2 Å². The second-order valence-corrected chi connectivity index (χ2v) is 5.11. The van der Waals surface area contributed by atoms with E-state index < -0.39 is 5.97 Å². The number of carbonyl (C=O) groups is 2. The largest absolute Gasteiger partial charge is 0.478 e. The summed E-state index contributed by atoms with van der Waals surface area (Å²) in [6.07, 6.45) is 3.50. The van der Waals surface area contributed by atoms with Crippen molar-refractivity contribution in [2.24, 2.45) is 5.92 Å². The molecule has 0 aromatic carbocycles. The van der Waals surface area contributed by atoms with Crippen LogP contribution in [0.25, 0.3) is 0 Å². The number of aromatic amines is 1. The zero-order valence-electron chi connectivity index (χ0n) is 11.2. The number of hydrogen-bond donors (Lipinski definition) is 3. The lowest BCUT2D eigenvalue weighted by atomic mass is 10.00. The van der Waals surface area contributed by atoms with Gasteiger partial charge in [0.2, 0.25) is 0 Å². The third kappa shape index (κ3) is 2.89. The highest BCUT2D eigenvalue weighted by atomic mass is 16.4. The summed E-state index contributed by atoms with van der Waals surface area (Å²) in [7, 11) is 0.